The number of rotatable bonds is 4. The van der Waals surface area contributed by atoms with E-state index in [1.54, 1.807) is 0 Å². The van der Waals surface area contributed by atoms with Gasteiger partial charge in [-0.3, -0.25) is 0 Å². The molecule has 142 valence electrons. The average molecular weight is 354 g/mol. The first-order chi connectivity index (χ1) is 12.8. The van der Waals surface area contributed by atoms with Crippen LogP contribution < -0.4 is 11.1 Å². The molecule has 3 nitrogen and oxygen atoms in total. The maximum Gasteiger partial charge on any atom is 0.124 e. The topological polar surface area (TPSA) is 50.9 Å². The van der Waals surface area contributed by atoms with Gasteiger partial charge in [0, 0.05) is 5.39 Å². The minimum absolute atomic E-state index is 0.573. The SMILES string of the molecule is CC.CC.CCNCCc1ccccc1.Nc1ccc2ccccc2n1. The second-order valence-electron chi connectivity index (χ2n) is 5.02. The molecule has 0 aliphatic heterocycles. The number of benzene rings is 2. The van der Waals surface area contributed by atoms with Crippen LogP contribution in [-0.4, -0.2) is 18.1 Å². The molecule has 3 rings (SSSR count). The van der Waals surface area contributed by atoms with Crippen molar-refractivity contribution in [3.8, 4) is 0 Å². The number of hydrogen-bond acceptors (Lipinski definition) is 3. The van der Waals surface area contributed by atoms with Crippen molar-refractivity contribution in [2.75, 3.05) is 18.8 Å². The highest BCUT2D eigenvalue weighted by molar-refractivity contribution is 5.79. The van der Waals surface area contributed by atoms with Crippen LogP contribution in [0.25, 0.3) is 10.9 Å². The Kier molecular flexibility index (Phi) is 14.6. The minimum Gasteiger partial charge on any atom is -0.384 e. The fourth-order valence-corrected chi connectivity index (χ4v) is 2.14. The number of nitrogens with zero attached hydrogens (tertiary/aromatic N) is 1. The van der Waals surface area contributed by atoms with Crippen molar-refractivity contribution >= 4 is 16.7 Å². The van der Waals surface area contributed by atoms with Gasteiger partial charge < -0.3 is 11.1 Å². The summed E-state index contributed by atoms with van der Waals surface area (Å²) in [6.07, 6.45) is 1.13. The molecule has 1 aromatic heterocycles. The van der Waals surface area contributed by atoms with E-state index in [-0.39, 0.29) is 0 Å². The molecule has 0 atom stereocenters. The third-order valence-electron chi connectivity index (χ3n) is 3.30. The van der Waals surface area contributed by atoms with E-state index >= 15 is 0 Å². The number of likely N-dealkylation sites (N-methyl/N-ethyl adjacent to an activating group) is 1. The third kappa shape index (κ3) is 9.80. The zero-order valence-electron chi connectivity index (χ0n) is 17.0. The van der Waals surface area contributed by atoms with Gasteiger partial charge in [0.15, 0.2) is 0 Å². The first-order valence-corrected chi connectivity index (χ1v) is 9.65. The van der Waals surface area contributed by atoms with Gasteiger partial charge in [0.2, 0.25) is 0 Å². The van der Waals surface area contributed by atoms with Gasteiger partial charge in [-0.25, -0.2) is 4.98 Å². The molecule has 0 radical (unpaired) electrons. The molecule has 0 aliphatic rings. The third-order valence-corrected chi connectivity index (χ3v) is 3.30. The summed E-state index contributed by atoms with van der Waals surface area (Å²) in [5, 5.41) is 4.42. The number of nitrogens with one attached hydrogen (secondary N) is 1. The van der Waals surface area contributed by atoms with Crippen LogP contribution in [0.2, 0.25) is 0 Å². The van der Waals surface area contributed by atoms with Gasteiger partial charge in [0.1, 0.15) is 5.82 Å². The van der Waals surface area contributed by atoms with E-state index in [0.29, 0.717) is 5.82 Å². The van der Waals surface area contributed by atoms with E-state index in [0.717, 1.165) is 30.4 Å². The van der Waals surface area contributed by atoms with Gasteiger partial charge in [-0.2, -0.15) is 0 Å². The molecule has 3 aromatic rings. The van der Waals surface area contributed by atoms with Crippen LogP contribution in [0.15, 0.2) is 66.7 Å². The van der Waals surface area contributed by atoms with Gasteiger partial charge in [-0.15, -0.1) is 0 Å². The molecule has 0 saturated heterocycles. The predicted molar refractivity (Wildman–Crippen MR) is 118 cm³/mol. The van der Waals surface area contributed by atoms with Crippen LogP contribution in [0, 0.1) is 0 Å². The van der Waals surface area contributed by atoms with Crippen molar-refractivity contribution in [2.24, 2.45) is 0 Å². The Bertz CT molecular complexity index is 681. The van der Waals surface area contributed by atoms with E-state index in [1.165, 1.54) is 5.56 Å². The van der Waals surface area contributed by atoms with Gasteiger partial charge in [-0.1, -0.05) is 83.1 Å². The molecule has 0 fully saturated rings. The summed E-state index contributed by atoms with van der Waals surface area (Å²) >= 11 is 0. The molecule has 0 spiro atoms. The van der Waals surface area contributed by atoms with Crippen LogP contribution in [0.4, 0.5) is 5.82 Å². The van der Waals surface area contributed by atoms with E-state index in [2.05, 4.69) is 47.6 Å². The Morgan fingerprint density at radius 1 is 0.808 bits per heavy atom. The molecule has 0 saturated carbocycles. The smallest absolute Gasteiger partial charge is 0.124 e. The number of nitrogens with two attached hydrogens (primary N) is 1. The molecule has 0 aliphatic carbocycles. The van der Waals surface area contributed by atoms with Crippen molar-refractivity contribution in [1.82, 2.24) is 10.3 Å². The van der Waals surface area contributed by atoms with Gasteiger partial charge in [-0.05, 0) is 43.3 Å². The lowest BCUT2D eigenvalue weighted by molar-refractivity contribution is 0.716. The highest BCUT2D eigenvalue weighted by Gasteiger charge is 1.91. The highest BCUT2D eigenvalue weighted by atomic mass is 14.8. The first-order valence-electron chi connectivity index (χ1n) is 9.65. The largest absolute Gasteiger partial charge is 0.384 e. The molecular weight excluding hydrogens is 318 g/mol. The van der Waals surface area contributed by atoms with Crippen molar-refractivity contribution in [1.29, 1.82) is 0 Å². The Morgan fingerprint density at radius 2 is 1.42 bits per heavy atom. The summed E-state index contributed by atoms with van der Waals surface area (Å²) in [4.78, 5) is 4.15. The second-order valence-corrected chi connectivity index (χ2v) is 5.02. The number of para-hydroxylation sites is 1. The molecule has 2 aromatic carbocycles. The van der Waals surface area contributed by atoms with Crippen molar-refractivity contribution in [3.63, 3.8) is 0 Å². The summed E-state index contributed by atoms with van der Waals surface area (Å²) in [5.74, 6) is 0.573. The molecule has 0 unspecified atom stereocenters. The van der Waals surface area contributed by atoms with E-state index < -0.39 is 0 Å². The number of hydrogen-bond donors (Lipinski definition) is 2. The highest BCUT2D eigenvalue weighted by Crippen LogP contribution is 2.11. The normalized spacial score (nSPS) is 8.96. The van der Waals surface area contributed by atoms with Crippen LogP contribution in [-0.2, 0) is 6.42 Å². The number of anilines is 1. The molecule has 26 heavy (non-hydrogen) atoms. The second kappa shape index (κ2) is 16.1. The summed E-state index contributed by atoms with van der Waals surface area (Å²) < 4.78 is 0. The molecule has 3 heteroatoms. The molecular formula is C23H35N3. The number of pyridine rings is 1. The number of nitrogen functional groups attached to an aromatic ring is 1. The number of fused-ring (bicyclic) bond motifs is 1. The Morgan fingerprint density at radius 3 is 2.08 bits per heavy atom. The van der Waals surface area contributed by atoms with E-state index in [9.17, 15) is 0 Å². The van der Waals surface area contributed by atoms with Crippen LogP contribution in [0.5, 0.6) is 0 Å². The summed E-state index contributed by atoms with van der Waals surface area (Å²) in [7, 11) is 0. The van der Waals surface area contributed by atoms with Crippen molar-refractivity contribution in [2.45, 2.75) is 41.0 Å². The van der Waals surface area contributed by atoms with Crippen LogP contribution >= 0.6 is 0 Å². The summed E-state index contributed by atoms with van der Waals surface area (Å²) in [5.41, 5.74) is 7.87. The summed E-state index contributed by atoms with van der Waals surface area (Å²) in [6.45, 7) is 12.3. The minimum atomic E-state index is 0.573. The van der Waals surface area contributed by atoms with Crippen LogP contribution in [0.1, 0.15) is 40.2 Å². The van der Waals surface area contributed by atoms with Crippen molar-refractivity contribution in [3.05, 3.63) is 72.3 Å². The Labute approximate surface area is 159 Å². The quantitative estimate of drug-likeness (QED) is 0.591. The predicted octanol–water partition coefficient (Wildman–Crippen LogP) is 5.71. The maximum atomic E-state index is 5.51. The monoisotopic (exact) mass is 353 g/mol. The fraction of sp³-hybridized carbons (Fsp3) is 0.348. The fourth-order valence-electron chi connectivity index (χ4n) is 2.14. The summed E-state index contributed by atoms with van der Waals surface area (Å²) in [6, 6.07) is 22.2. The van der Waals surface area contributed by atoms with Gasteiger partial charge in [0.05, 0.1) is 5.52 Å². The van der Waals surface area contributed by atoms with E-state index in [4.69, 9.17) is 5.73 Å². The molecule has 3 N–H and O–H groups in total. The lowest BCUT2D eigenvalue weighted by Crippen LogP contribution is -2.15. The molecule has 1 heterocycles. The Balaban J connectivity index is 0.000000404. The van der Waals surface area contributed by atoms with Gasteiger partial charge >= 0.3 is 0 Å². The molecule has 0 bridgehead atoms. The maximum absolute atomic E-state index is 5.51. The lowest BCUT2D eigenvalue weighted by atomic mass is 10.1. The zero-order valence-corrected chi connectivity index (χ0v) is 17.0. The molecule has 0 amide bonds. The van der Waals surface area contributed by atoms with Crippen LogP contribution in [0.3, 0.4) is 0 Å². The first kappa shape index (κ1) is 23.6. The Hall–Kier alpha value is -2.39. The lowest BCUT2D eigenvalue weighted by Gasteiger charge is -2.00. The standard InChI is InChI=1S/C10H15N.C9H8N2.2C2H6/c1-2-11-9-8-10-6-4-3-5-7-10;10-9-6-5-7-3-1-2-4-8(7)11-9;2*1-2/h3-7,11H,2,8-9H2,1H3;1-6H,(H2,10,11);2*1-2H3. The van der Waals surface area contributed by atoms with Gasteiger partial charge in [0.25, 0.3) is 0 Å². The van der Waals surface area contributed by atoms with Crippen molar-refractivity contribution < 1.29 is 0 Å². The average Bonchev–Trinajstić information content (AvgIpc) is 2.72. The number of aromatic nitrogens is 1. The van der Waals surface area contributed by atoms with E-state index in [1.807, 2.05) is 64.1 Å². The zero-order chi connectivity index (χ0) is 19.6.